The zero-order valence-electron chi connectivity index (χ0n) is 16.2. The standard InChI is InChI=1S/C23H24O2S2/c1-5-19(17-11-7-15(3)8-12-17)20-25-21(24)23(6-2,22(26)27-20)18-13-9-16(4)10-14-18/h7-14H,5-6H2,1-4H3/b20-19-/t23-/m1/s1. The van der Waals surface area contributed by atoms with Crippen LogP contribution in [-0.2, 0) is 14.9 Å². The second-order valence-corrected chi connectivity index (χ2v) is 8.54. The molecule has 2 aromatic rings. The van der Waals surface area contributed by atoms with Crippen molar-refractivity contribution < 1.29 is 9.53 Å². The Labute approximate surface area is 171 Å². The van der Waals surface area contributed by atoms with Crippen molar-refractivity contribution in [1.82, 2.24) is 0 Å². The van der Waals surface area contributed by atoms with Gasteiger partial charge in [-0.2, -0.15) is 0 Å². The van der Waals surface area contributed by atoms with Crippen LogP contribution in [0.1, 0.15) is 48.9 Å². The number of thioether (sulfide) groups is 1. The van der Waals surface area contributed by atoms with Crippen LogP contribution in [0.4, 0.5) is 0 Å². The van der Waals surface area contributed by atoms with Gasteiger partial charge in [-0.05, 0) is 49.6 Å². The molecule has 1 aliphatic heterocycles. The van der Waals surface area contributed by atoms with Gasteiger partial charge >= 0.3 is 5.97 Å². The van der Waals surface area contributed by atoms with Crippen molar-refractivity contribution in [3.05, 3.63) is 75.9 Å². The molecular formula is C23H24O2S2. The fourth-order valence-electron chi connectivity index (χ4n) is 3.36. The number of esters is 1. The summed E-state index contributed by atoms with van der Waals surface area (Å²) in [5, 5.41) is 0.618. The van der Waals surface area contributed by atoms with Gasteiger partial charge in [-0.3, -0.25) is 4.79 Å². The summed E-state index contributed by atoms with van der Waals surface area (Å²) in [6, 6.07) is 16.3. The van der Waals surface area contributed by atoms with E-state index in [1.54, 1.807) is 0 Å². The van der Waals surface area contributed by atoms with Gasteiger partial charge in [0.05, 0.1) is 4.20 Å². The number of cyclic esters (lactones) is 1. The fourth-order valence-corrected chi connectivity index (χ4v) is 5.12. The Bertz CT molecular complexity index is 873. The minimum Gasteiger partial charge on any atom is -0.418 e. The molecular weight excluding hydrogens is 372 g/mol. The quantitative estimate of drug-likeness (QED) is 0.444. The van der Waals surface area contributed by atoms with Gasteiger partial charge in [0, 0.05) is 5.57 Å². The van der Waals surface area contributed by atoms with Gasteiger partial charge in [-0.25, -0.2) is 0 Å². The molecule has 1 atom stereocenters. The van der Waals surface area contributed by atoms with E-state index < -0.39 is 5.41 Å². The van der Waals surface area contributed by atoms with E-state index in [1.807, 2.05) is 38.1 Å². The van der Waals surface area contributed by atoms with Crippen LogP contribution in [0.5, 0.6) is 0 Å². The molecule has 0 saturated carbocycles. The predicted molar refractivity (Wildman–Crippen MR) is 118 cm³/mol. The molecule has 1 aliphatic rings. The lowest BCUT2D eigenvalue weighted by atomic mass is 9.79. The highest BCUT2D eigenvalue weighted by Crippen LogP contribution is 2.46. The normalized spacial score (nSPS) is 21.8. The van der Waals surface area contributed by atoms with E-state index in [2.05, 4.69) is 38.1 Å². The number of hydrogen-bond donors (Lipinski definition) is 0. The Morgan fingerprint density at radius 1 is 1.00 bits per heavy atom. The van der Waals surface area contributed by atoms with Gasteiger partial charge in [-0.1, -0.05) is 85.7 Å². The maximum Gasteiger partial charge on any atom is 0.328 e. The molecule has 0 amide bonds. The first-order valence-corrected chi connectivity index (χ1v) is 10.5. The third kappa shape index (κ3) is 3.61. The van der Waals surface area contributed by atoms with Crippen molar-refractivity contribution in [1.29, 1.82) is 0 Å². The molecule has 1 heterocycles. The lowest BCUT2D eigenvalue weighted by molar-refractivity contribution is -0.142. The molecule has 2 nitrogen and oxygen atoms in total. The largest absolute Gasteiger partial charge is 0.418 e. The molecule has 0 N–H and O–H groups in total. The predicted octanol–water partition coefficient (Wildman–Crippen LogP) is 6.35. The average Bonchev–Trinajstić information content (AvgIpc) is 2.65. The Balaban J connectivity index is 2.03. The van der Waals surface area contributed by atoms with Crippen LogP contribution in [0.3, 0.4) is 0 Å². The van der Waals surface area contributed by atoms with Gasteiger partial charge in [0.15, 0.2) is 5.09 Å². The van der Waals surface area contributed by atoms with Crippen molar-refractivity contribution in [3.63, 3.8) is 0 Å². The maximum atomic E-state index is 13.2. The number of ether oxygens (including phenoxy) is 1. The summed E-state index contributed by atoms with van der Waals surface area (Å²) < 4.78 is 6.57. The lowest BCUT2D eigenvalue weighted by Gasteiger charge is -2.36. The molecule has 1 fully saturated rings. The first kappa shape index (κ1) is 19.8. The molecule has 27 heavy (non-hydrogen) atoms. The Kier molecular flexibility index (Phi) is 5.87. The summed E-state index contributed by atoms with van der Waals surface area (Å²) >= 11 is 7.19. The van der Waals surface area contributed by atoms with Gasteiger partial charge in [-0.15, -0.1) is 0 Å². The molecule has 1 saturated heterocycles. The topological polar surface area (TPSA) is 26.3 Å². The van der Waals surface area contributed by atoms with Gasteiger partial charge < -0.3 is 4.74 Å². The first-order valence-electron chi connectivity index (χ1n) is 9.24. The van der Waals surface area contributed by atoms with E-state index in [0.29, 0.717) is 15.7 Å². The Morgan fingerprint density at radius 3 is 2.04 bits per heavy atom. The third-order valence-corrected chi connectivity index (χ3v) is 6.79. The molecule has 0 aromatic heterocycles. The molecule has 0 unspecified atom stereocenters. The zero-order valence-corrected chi connectivity index (χ0v) is 17.8. The average molecular weight is 397 g/mol. The summed E-state index contributed by atoms with van der Waals surface area (Å²) in [4.78, 5) is 13.2. The number of carbonyl (C=O) groups is 1. The summed E-state index contributed by atoms with van der Waals surface area (Å²) in [7, 11) is 0. The van der Waals surface area contributed by atoms with Crippen molar-refractivity contribution in [2.24, 2.45) is 0 Å². The van der Waals surface area contributed by atoms with Crippen LogP contribution in [0.15, 0.2) is 53.6 Å². The van der Waals surface area contributed by atoms with E-state index in [-0.39, 0.29) is 5.97 Å². The van der Waals surface area contributed by atoms with Crippen LogP contribution in [0.25, 0.3) is 5.57 Å². The highest BCUT2D eigenvalue weighted by molar-refractivity contribution is 8.26. The van der Waals surface area contributed by atoms with E-state index >= 15 is 0 Å². The molecule has 0 bridgehead atoms. The van der Waals surface area contributed by atoms with E-state index in [1.165, 1.54) is 17.3 Å². The SMILES string of the molecule is CC/C(=C1\OC(=O)[C@@](CC)(c2ccc(C)cc2)C(=S)S1)c1ccc(C)cc1. The van der Waals surface area contributed by atoms with Crippen molar-refractivity contribution in [3.8, 4) is 0 Å². The Morgan fingerprint density at radius 2 is 1.56 bits per heavy atom. The van der Waals surface area contributed by atoms with Crippen LogP contribution in [0.2, 0.25) is 0 Å². The van der Waals surface area contributed by atoms with Crippen LogP contribution in [-0.4, -0.2) is 10.2 Å². The van der Waals surface area contributed by atoms with E-state index in [4.69, 9.17) is 17.0 Å². The van der Waals surface area contributed by atoms with Crippen LogP contribution in [0, 0.1) is 13.8 Å². The lowest BCUT2D eigenvalue weighted by Crippen LogP contribution is -2.45. The highest BCUT2D eigenvalue weighted by Gasteiger charge is 2.49. The molecule has 0 aliphatic carbocycles. The zero-order chi connectivity index (χ0) is 19.6. The number of hydrogen-bond acceptors (Lipinski definition) is 4. The number of carbonyl (C=O) groups excluding carboxylic acids is 1. The summed E-state index contributed by atoms with van der Waals surface area (Å²) in [6.07, 6.45) is 1.35. The number of benzene rings is 2. The monoisotopic (exact) mass is 396 g/mol. The second-order valence-electron chi connectivity index (χ2n) is 6.89. The van der Waals surface area contributed by atoms with E-state index in [0.717, 1.165) is 28.7 Å². The van der Waals surface area contributed by atoms with Crippen LogP contribution >= 0.6 is 24.0 Å². The van der Waals surface area contributed by atoms with Crippen molar-refractivity contribution in [2.75, 3.05) is 0 Å². The molecule has 4 heteroatoms. The first-order chi connectivity index (χ1) is 12.9. The third-order valence-electron chi connectivity index (χ3n) is 5.14. The summed E-state index contributed by atoms with van der Waals surface area (Å²) in [5.41, 5.74) is 4.48. The van der Waals surface area contributed by atoms with E-state index in [9.17, 15) is 4.79 Å². The maximum absolute atomic E-state index is 13.2. The number of thiocarbonyl (C=S) groups is 1. The summed E-state index contributed by atoms with van der Waals surface area (Å²) in [5.74, 6) is -0.273. The molecule has 3 rings (SSSR count). The van der Waals surface area contributed by atoms with Crippen molar-refractivity contribution >= 4 is 39.7 Å². The van der Waals surface area contributed by atoms with Crippen molar-refractivity contribution in [2.45, 2.75) is 46.0 Å². The number of rotatable bonds is 4. The highest BCUT2D eigenvalue weighted by atomic mass is 32.2. The van der Waals surface area contributed by atoms with Crippen LogP contribution < -0.4 is 0 Å². The van der Waals surface area contributed by atoms with Gasteiger partial charge in [0.2, 0.25) is 0 Å². The molecule has 0 spiro atoms. The number of allylic oxidation sites excluding steroid dienone is 1. The summed E-state index contributed by atoms with van der Waals surface area (Å²) in [6.45, 7) is 8.15. The Hall–Kier alpha value is -1.91. The minimum atomic E-state index is -0.872. The van der Waals surface area contributed by atoms with Gasteiger partial charge in [0.25, 0.3) is 0 Å². The van der Waals surface area contributed by atoms with Gasteiger partial charge in [0.1, 0.15) is 5.41 Å². The fraction of sp³-hybridized carbons (Fsp3) is 0.304. The molecule has 140 valence electrons. The number of aryl methyl sites for hydroxylation is 2. The molecule has 2 aromatic carbocycles. The minimum absolute atomic E-state index is 0.273. The second kappa shape index (κ2) is 7.99. The molecule has 0 radical (unpaired) electrons. The smallest absolute Gasteiger partial charge is 0.328 e.